The van der Waals surface area contributed by atoms with Crippen LogP contribution in [0.5, 0.6) is 0 Å². The van der Waals surface area contributed by atoms with E-state index in [2.05, 4.69) is 15.6 Å². The van der Waals surface area contributed by atoms with E-state index in [4.69, 9.17) is 9.47 Å². The van der Waals surface area contributed by atoms with Crippen molar-refractivity contribution in [3.8, 4) is 0 Å². The summed E-state index contributed by atoms with van der Waals surface area (Å²) < 4.78 is 10.9. The van der Waals surface area contributed by atoms with Crippen LogP contribution in [0.2, 0.25) is 0 Å². The van der Waals surface area contributed by atoms with Crippen molar-refractivity contribution in [1.29, 1.82) is 0 Å². The summed E-state index contributed by atoms with van der Waals surface area (Å²) in [5.74, 6) is 1.25. The number of nitrogens with one attached hydrogen (secondary N) is 2. The van der Waals surface area contributed by atoms with Gasteiger partial charge in [-0.05, 0) is 38.0 Å². The summed E-state index contributed by atoms with van der Waals surface area (Å²) in [7, 11) is 3.50. The average Bonchev–Trinajstić information content (AvgIpc) is 3.16. The number of ether oxygens (including phenoxy) is 2. The van der Waals surface area contributed by atoms with E-state index in [1.54, 1.807) is 19.0 Å². The molecule has 2 aliphatic rings. The number of hydrogen-bond donors (Lipinski definition) is 2. The van der Waals surface area contributed by atoms with Crippen molar-refractivity contribution in [3.05, 3.63) is 0 Å². The van der Waals surface area contributed by atoms with Crippen molar-refractivity contribution < 1.29 is 14.3 Å². The third-order valence-electron chi connectivity index (χ3n) is 5.02. The number of carbonyl (C=O) groups is 1. The maximum Gasteiger partial charge on any atom is 0.243 e. The van der Waals surface area contributed by atoms with E-state index in [1.807, 2.05) is 6.92 Å². The van der Waals surface area contributed by atoms with Gasteiger partial charge in [-0.2, -0.15) is 0 Å². The Hall–Kier alpha value is -1.34. The summed E-state index contributed by atoms with van der Waals surface area (Å²) in [6, 6.07) is 0. The Morgan fingerprint density at radius 2 is 2.16 bits per heavy atom. The quantitative estimate of drug-likeness (QED) is 0.346. The first-order valence-corrected chi connectivity index (χ1v) is 9.42. The van der Waals surface area contributed by atoms with Gasteiger partial charge in [-0.15, -0.1) is 0 Å². The normalized spacial score (nSPS) is 21.9. The molecule has 1 aliphatic heterocycles. The molecule has 7 nitrogen and oxygen atoms in total. The SMILES string of the molecule is CCOCCC1(CNC(=NCC(=O)N(C)C)NCC2CCOC2)CC1. The monoisotopic (exact) mass is 354 g/mol. The topological polar surface area (TPSA) is 75.2 Å². The fourth-order valence-electron chi connectivity index (χ4n) is 2.84. The minimum Gasteiger partial charge on any atom is -0.382 e. The predicted octanol–water partition coefficient (Wildman–Crippen LogP) is 0.853. The molecule has 2 fully saturated rings. The van der Waals surface area contributed by atoms with Crippen LogP contribution < -0.4 is 10.6 Å². The molecule has 0 spiro atoms. The number of guanidine groups is 1. The number of rotatable bonds is 10. The summed E-state index contributed by atoms with van der Waals surface area (Å²) in [5, 5.41) is 6.82. The zero-order chi connectivity index (χ0) is 18.1. The molecule has 1 saturated heterocycles. The third-order valence-corrected chi connectivity index (χ3v) is 5.02. The van der Waals surface area contributed by atoms with Gasteiger partial charge in [-0.25, -0.2) is 4.99 Å². The molecule has 1 amide bonds. The molecule has 1 unspecified atom stereocenters. The van der Waals surface area contributed by atoms with Crippen molar-refractivity contribution >= 4 is 11.9 Å². The highest BCUT2D eigenvalue weighted by Gasteiger charge is 2.42. The molecule has 2 N–H and O–H groups in total. The minimum absolute atomic E-state index is 0.00257. The van der Waals surface area contributed by atoms with Crippen LogP contribution in [0, 0.1) is 11.3 Å². The zero-order valence-electron chi connectivity index (χ0n) is 16.0. The second-order valence-corrected chi connectivity index (χ2v) is 7.36. The van der Waals surface area contributed by atoms with Crippen molar-refractivity contribution in [2.45, 2.75) is 32.6 Å². The van der Waals surface area contributed by atoms with Gasteiger partial charge in [0.1, 0.15) is 6.54 Å². The molecule has 7 heteroatoms. The summed E-state index contributed by atoms with van der Waals surface area (Å²) >= 11 is 0. The predicted molar refractivity (Wildman–Crippen MR) is 98.7 cm³/mol. The number of amides is 1. The van der Waals surface area contributed by atoms with Crippen LogP contribution in [0.4, 0.5) is 0 Å². The highest BCUT2D eigenvalue weighted by Crippen LogP contribution is 2.48. The van der Waals surface area contributed by atoms with Gasteiger partial charge in [0.2, 0.25) is 5.91 Å². The number of aliphatic imine (C=N–C) groups is 1. The Labute approximate surface area is 151 Å². The number of hydrogen-bond acceptors (Lipinski definition) is 4. The van der Waals surface area contributed by atoms with Gasteiger partial charge in [0.05, 0.1) is 6.61 Å². The van der Waals surface area contributed by atoms with Crippen molar-refractivity contribution in [2.75, 3.05) is 60.2 Å². The van der Waals surface area contributed by atoms with E-state index < -0.39 is 0 Å². The molecular weight excluding hydrogens is 320 g/mol. The van der Waals surface area contributed by atoms with Gasteiger partial charge in [0.25, 0.3) is 0 Å². The fourth-order valence-corrected chi connectivity index (χ4v) is 2.84. The fraction of sp³-hybridized carbons (Fsp3) is 0.889. The molecule has 2 rings (SSSR count). The van der Waals surface area contributed by atoms with Gasteiger partial charge in [-0.1, -0.05) is 0 Å². The Kier molecular flexibility index (Phi) is 7.96. The van der Waals surface area contributed by atoms with Crippen LogP contribution in [0.25, 0.3) is 0 Å². The Morgan fingerprint density at radius 3 is 2.76 bits per heavy atom. The van der Waals surface area contributed by atoms with E-state index in [0.29, 0.717) is 11.3 Å². The summed E-state index contributed by atoms with van der Waals surface area (Å²) in [6.45, 7) is 7.12. The number of likely N-dealkylation sites (N-methyl/N-ethyl adjacent to an activating group) is 1. The van der Waals surface area contributed by atoms with Crippen molar-refractivity contribution in [3.63, 3.8) is 0 Å². The minimum atomic E-state index is 0.00257. The Balaban J connectivity index is 1.82. The van der Waals surface area contributed by atoms with Crippen molar-refractivity contribution in [2.24, 2.45) is 16.3 Å². The number of nitrogens with zero attached hydrogens (tertiary/aromatic N) is 2. The van der Waals surface area contributed by atoms with Crippen LogP contribution in [0.3, 0.4) is 0 Å². The summed E-state index contributed by atoms with van der Waals surface area (Å²) in [4.78, 5) is 17.9. The molecule has 0 aromatic heterocycles. The van der Waals surface area contributed by atoms with E-state index in [-0.39, 0.29) is 12.5 Å². The molecule has 0 bridgehead atoms. The molecule has 0 radical (unpaired) electrons. The van der Waals surface area contributed by atoms with Gasteiger partial charge in [0, 0.05) is 52.9 Å². The first-order valence-electron chi connectivity index (χ1n) is 9.42. The average molecular weight is 354 g/mol. The zero-order valence-corrected chi connectivity index (χ0v) is 16.0. The standard InChI is InChI=1S/C18H34N4O3/c1-4-24-10-8-18(6-7-18)14-21-17(20-12-16(23)22(2)3)19-11-15-5-9-25-13-15/h15H,4-14H2,1-3H3,(H2,19,20,21). The molecule has 1 heterocycles. The highest BCUT2D eigenvalue weighted by molar-refractivity contribution is 5.84. The van der Waals surface area contributed by atoms with Crippen molar-refractivity contribution in [1.82, 2.24) is 15.5 Å². The molecule has 0 aromatic rings. The van der Waals surface area contributed by atoms with Gasteiger partial charge in [-0.3, -0.25) is 4.79 Å². The lowest BCUT2D eigenvalue weighted by Gasteiger charge is -2.20. The Morgan fingerprint density at radius 1 is 1.36 bits per heavy atom. The van der Waals surface area contributed by atoms with Crippen LogP contribution in [0.15, 0.2) is 4.99 Å². The van der Waals surface area contributed by atoms with E-state index in [1.165, 1.54) is 12.8 Å². The first kappa shape index (κ1) is 20.0. The molecule has 0 aromatic carbocycles. The van der Waals surface area contributed by atoms with Gasteiger partial charge < -0.3 is 25.0 Å². The second-order valence-electron chi connectivity index (χ2n) is 7.36. The lowest BCUT2D eigenvalue weighted by molar-refractivity contribution is -0.127. The third kappa shape index (κ3) is 7.20. The molecule has 144 valence electrons. The molecule has 1 aliphatic carbocycles. The smallest absolute Gasteiger partial charge is 0.243 e. The van der Waals surface area contributed by atoms with E-state index >= 15 is 0 Å². The van der Waals surface area contributed by atoms with Crippen LogP contribution >= 0.6 is 0 Å². The maximum atomic E-state index is 11.8. The van der Waals surface area contributed by atoms with E-state index in [9.17, 15) is 4.79 Å². The summed E-state index contributed by atoms with van der Waals surface area (Å²) in [6.07, 6.45) is 4.62. The van der Waals surface area contributed by atoms with Gasteiger partial charge >= 0.3 is 0 Å². The molecule has 1 saturated carbocycles. The van der Waals surface area contributed by atoms with Crippen LogP contribution in [0.1, 0.15) is 32.6 Å². The van der Waals surface area contributed by atoms with Crippen LogP contribution in [-0.4, -0.2) is 76.9 Å². The Bertz CT molecular complexity index is 444. The largest absolute Gasteiger partial charge is 0.382 e. The van der Waals surface area contributed by atoms with Crippen LogP contribution in [-0.2, 0) is 14.3 Å². The lowest BCUT2D eigenvalue weighted by atomic mass is 10.0. The molecular formula is C18H34N4O3. The first-order chi connectivity index (χ1) is 12.0. The highest BCUT2D eigenvalue weighted by atomic mass is 16.5. The van der Waals surface area contributed by atoms with Gasteiger partial charge in [0.15, 0.2) is 5.96 Å². The second kappa shape index (κ2) is 9.97. The number of carbonyl (C=O) groups excluding carboxylic acids is 1. The molecule has 1 atom stereocenters. The van der Waals surface area contributed by atoms with E-state index in [0.717, 1.165) is 58.3 Å². The lowest BCUT2D eigenvalue weighted by Crippen LogP contribution is -2.43. The maximum absolute atomic E-state index is 11.8. The summed E-state index contributed by atoms with van der Waals surface area (Å²) in [5.41, 5.74) is 0.333. The molecule has 25 heavy (non-hydrogen) atoms.